The molecule has 188 valence electrons. The molecule has 3 amide bonds. The van der Waals surface area contributed by atoms with Crippen LogP contribution in [0.5, 0.6) is 0 Å². The minimum absolute atomic E-state index is 0.120. The van der Waals surface area contributed by atoms with Crippen molar-refractivity contribution in [1.29, 1.82) is 5.26 Å². The van der Waals surface area contributed by atoms with E-state index in [1.54, 1.807) is 24.3 Å². The quantitative estimate of drug-likeness (QED) is 0.459. The van der Waals surface area contributed by atoms with Gasteiger partial charge in [-0.25, -0.2) is 13.3 Å². The third kappa shape index (κ3) is 5.39. The fourth-order valence-corrected chi connectivity index (χ4v) is 5.76. The van der Waals surface area contributed by atoms with Gasteiger partial charge in [0.15, 0.2) is 0 Å². The maximum Gasteiger partial charge on any atom is 0.252 e. The fourth-order valence-electron chi connectivity index (χ4n) is 4.00. The van der Waals surface area contributed by atoms with Crippen molar-refractivity contribution < 1.29 is 22.8 Å². The Morgan fingerprint density at radius 3 is 2.32 bits per heavy atom. The normalized spacial score (nSPS) is 15.6. The van der Waals surface area contributed by atoms with E-state index in [0.717, 1.165) is 9.21 Å². The number of carbonyl (C=O) groups is 3. The third-order valence-corrected chi connectivity index (χ3v) is 8.03. The molecule has 1 aliphatic rings. The van der Waals surface area contributed by atoms with Crippen LogP contribution in [0.1, 0.15) is 24.5 Å². The first-order valence-electron chi connectivity index (χ1n) is 11.1. The number of hydrogen-bond donors (Lipinski definition) is 1. The van der Waals surface area contributed by atoms with Gasteiger partial charge >= 0.3 is 0 Å². The number of nitrogens with one attached hydrogen (secondary N) is 1. The topological polar surface area (TPSA) is 128 Å². The van der Waals surface area contributed by atoms with Crippen molar-refractivity contribution in [3.63, 3.8) is 0 Å². The second-order valence-electron chi connectivity index (χ2n) is 8.29. The molecule has 37 heavy (non-hydrogen) atoms. The van der Waals surface area contributed by atoms with Gasteiger partial charge in [-0.1, -0.05) is 29.8 Å². The lowest BCUT2D eigenvalue weighted by Crippen LogP contribution is -2.45. The second-order valence-corrected chi connectivity index (χ2v) is 10.6. The number of nitrogens with zero attached hydrogens (tertiary/aromatic N) is 3. The Labute approximate surface area is 218 Å². The van der Waals surface area contributed by atoms with Crippen LogP contribution in [0.2, 0.25) is 5.02 Å². The van der Waals surface area contributed by atoms with Gasteiger partial charge in [0.2, 0.25) is 21.8 Å². The summed E-state index contributed by atoms with van der Waals surface area (Å²) in [5.41, 5.74) is 1.46. The third-order valence-electron chi connectivity index (χ3n) is 5.79. The summed E-state index contributed by atoms with van der Waals surface area (Å²) in [7, 11) is -4.30. The number of nitriles is 1. The average molecular weight is 537 g/mol. The average Bonchev–Trinajstić information content (AvgIpc) is 3.16. The van der Waals surface area contributed by atoms with Gasteiger partial charge in [-0.05, 0) is 60.2 Å². The molecule has 4 rings (SSSR count). The van der Waals surface area contributed by atoms with E-state index >= 15 is 0 Å². The van der Waals surface area contributed by atoms with Crippen molar-refractivity contribution in [2.75, 3.05) is 10.2 Å². The Morgan fingerprint density at radius 1 is 1.08 bits per heavy atom. The first kappa shape index (κ1) is 26.0. The van der Waals surface area contributed by atoms with Crippen LogP contribution in [0, 0.1) is 11.3 Å². The lowest BCUT2D eigenvalue weighted by Gasteiger charge is -2.27. The molecule has 0 radical (unpaired) electrons. The Morgan fingerprint density at radius 2 is 1.73 bits per heavy atom. The number of benzene rings is 3. The monoisotopic (exact) mass is 536 g/mol. The molecular formula is C26H21ClN4O5S. The van der Waals surface area contributed by atoms with Gasteiger partial charge in [0, 0.05) is 24.2 Å². The van der Waals surface area contributed by atoms with E-state index in [1.165, 1.54) is 55.5 Å². The van der Waals surface area contributed by atoms with E-state index in [9.17, 15) is 22.8 Å². The summed E-state index contributed by atoms with van der Waals surface area (Å²) in [5.74, 6) is -1.59. The highest BCUT2D eigenvalue weighted by Gasteiger charge is 2.47. The maximum absolute atomic E-state index is 13.8. The highest BCUT2D eigenvalue weighted by Crippen LogP contribution is 2.32. The van der Waals surface area contributed by atoms with Crippen molar-refractivity contribution in [2.45, 2.75) is 30.8 Å². The Hall–Kier alpha value is -4.04. The number of amides is 3. The van der Waals surface area contributed by atoms with Gasteiger partial charge in [0.05, 0.1) is 28.6 Å². The predicted octanol–water partition coefficient (Wildman–Crippen LogP) is 3.69. The number of sulfonamides is 1. The van der Waals surface area contributed by atoms with Gasteiger partial charge in [-0.3, -0.25) is 14.4 Å². The van der Waals surface area contributed by atoms with E-state index in [1.807, 2.05) is 6.07 Å². The molecule has 11 heteroatoms. The number of anilines is 2. The molecule has 1 N–H and O–H groups in total. The zero-order chi connectivity index (χ0) is 26.7. The summed E-state index contributed by atoms with van der Waals surface area (Å²) in [6.07, 6.45) is -0.369. The van der Waals surface area contributed by atoms with Crippen LogP contribution in [-0.2, 0) is 31.0 Å². The molecule has 1 fully saturated rings. The van der Waals surface area contributed by atoms with Crippen LogP contribution in [-0.4, -0.2) is 36.5 Å². The SMILES string of the molecule is CC(=O)Nc1ccc(S(=O)(=O)N(Cc2ccccc2Cl)C2CC(=O)N(c3ccc(C#N)cc3)C2=O)cc1. The molecule has 0 bridgehead atoms. The number of halogens is 1. The highest BCUT2D eigenvalue weighted by molar-refractivity contribution is 7.89. The van der Waals surface area contributed by atoms with E-state index in [4.69, 9.17) is 16.9 Å². The van der Waals surface area contributed by atoms with Crippen LogP contribution in [0.25, 0.3) is 0 Å². The zero-order valence-electron chi connectivity index (χ0n) is 19.6. The summed E-state index contributed by atoms with van der Waals surface area (Å²) in [4.78, 5) is 38.6. The van der Waals surface area contributed by atoms with Gasteiger partial charge in [0.25, 0.3) is 5.91 Å². The van der Waals surface area contributed by atoms with Gasteiger partial charge in [-0.15, -0.1) is 0 Å². The van der Waals surface area contributed by atoms with E-state index < -0.39 is 27.9 Å². The molecule has 3 aromatic rings. The van der Waals surface area contributed by atoms with Crippen LogP contribution in [0.4, 0.5) is 11.4 Å². The standard InChI is InChI=1S/C26H21ClN4O5S/c1-17(32)29-20-8-12-22(13-9-20)37(35,36)30(16-19-4-2-3-5-23(19)27)24-14-25(33)31(26(24)34)21-10-6-18(15-28)7-11-21/h2-13,24H,14,16H2,1H3,(H,29,32). The first-order valence-corrected chi connectivity index (χ1v) is 12.9. The Bertz CT molecular complexity index is 1520. The molecule has 1 unspecified atom stereocenters. The molecule has 9 nitrogen and oxygen atoms in total. The summed E-state index contributed by atoms with van der Waals surface area (Å²) in [5, 5.41) is 11.9. The minimum Gasteiger partial charge on any atom is -0.326 e. The molecule has 0 saturated carbocycles. The number of rotatable bonds is 7. The summed E-state index contributed by atoms with van der Waals surface area (Å²) in [6.45, 7) is 1.08. The molecule has 1 heterocycles. The molecular weight excluding hydrogens is 516 g/mol. The van der Waals surface area contributed by atoms with Gasteiger partial charge < -0.3 is 5.32 Å². The summed E-state index contributed by atoms with van der Waals surface area (Å²) < 4.78 is 28.6. The van der Waals surface area contributed by atoms with Crippen LogP contribution in [0.15, 0.2) is 77.7 Å². The zero-order valence-corrected chi connectivity index (χ0v) is 21.2. The van der Waals surface area contributed by atoms with Crippen molar-refractivity contribution >= 4 is 50.7 Å². The molecule has 0 aromatic heterocycles. The van der Waals surface area contributed by atoms with E-state index in [-0.39, 0.29) is 29.5 Å². The van der Waals surface area contributed by atoms with Crippen LogP contribution < -0.4 is 10.2 Å². The fraction of sp³-hybridized carbons (Fsp3) is 0.154. The van der Waals surface area contributed by atoms with Crippen molar-refractivity contribution in [1.82, 2.24) is 4.31 Å². The largest absolute Gasteiger partial charge is 0.326 e. The number of imide groups is 1. The second kappa shape index (κ2) is 10.5. The highest BCUT2D eigenvalue weighted by atomic mass is 35.5. The van der Waals surface area contributed by atoms with Crippen LogP contribution >= 0.6 is 11.6 Å². The molecule has 1 atom stereocenters. The Kier molecular flexibility index (Phi) is 7.40. The Balaban J connectivity index is 1.74. The van der Waals surface area contributed by atoms with Crippen molar-refractivity contribution in [3.05, 3.63) is 88.9 Å². The first-order chi connectivity index (χ1) is 17.6. The van der Waals surface area contributed by atoms with Crippen LogP contribution in [0.3, 0.4) is 0 Å². The van der Waals surface area contributed by atoms with Gasteiger partial charge in [0.1, 0.15) is 6.04 Å². The summed E-state index contributed by atoms with van der Waals surface area (Å²) in [6, 6.07) is 18.7. The number of carbonyl (C=O) groups excluding carboxylic acids is 3. The molecule has 3 aromatic carbocycles. The van der Waals surface area contributed by atoms with E-state index in [0.29, 0.717) is 21.8 Å². The maximum atomic E-state index is 13.8. The molecule has 0 aliphatic carbocycles. The minimum atomic E-state index is -4.30. The summed E-state index contributed by atoms with van der Waals surface area (Å²) >= 11 is 6.31. The lowest BCUT2D eigenvalue weighted by atomic mass is 10.2. The molecule has 0 spiro atoms. The molecule has 1 saturated heterocycles. The predicted molar refractivity (Wildman–Crippen MR) is 137 cm³/mol. The lowest BCUT2D eigenvalue weighted by molar-refractivity contribution is -0.122. The number of hydrogen-bond acceptors (Lipinski definition) is 6. The van der Waals surface area contributed by atoms with Gasteiger partial charge in [-0.2, -0.15) is 9.57 Å². The smallest absolute Gasteiger partial charge is 0.252 e. The van der Waals surface area contributed by atoms with Crippen molar-refractivity contribution in [3.8, 4) is 6.07 Å². The molecule has 1 aliphatic heterocycles. The van der Waals surface area contributed by atoms with Crippen molar-refractivity contribution in [2.24, 2.45) is 0 Å². The van der Waals surface area contributed by atoms with E-state index in [2.05, 4.69) is 5.32 Å².